The first-order valence-corrected chi connectivity index (χ1v) is 8.65. The summed E-state index contributed by atoms with van der Waals surface area (Å²) < 4.78 is 26.4. The van der Waals surface area contributed by atoms with Crippen LogP contribution in [-0.2, 0) is 10.0 Å². The second kappa shape index (κ2) is 5.50. The van der Waals surface area contributed by atoms with Gasteiger partial charge >= 0.3 is 0 Å². The number of anilines is 1. The highest BCUT2D eigenvalue weighted by Crippen LogP contribution is 2.26. The van der Waals surface area contributed by atoms with Gasteiger partial charge < -0.3 is 5.73 Å². The fourth-order valence-electron chi connectivity index (χ4n) is 2.13. The van der Waals surface area contributed by atoms with E-state index in [0.29, 0.717) is 28.9 Å². The summed E-state index contributed by atoms with van der Waals surface area (Å²) in [6.45, 7) is 1.20. The van der Waals surface area contributed by atoms with Gasteiger partial charge in [-0.3, -0.25) is 0 Å². The molecule has 0 bridgehead atoms. The van der Waals surface area contributed by atoms with Gasteiger partial charge in [-0.05, 0) is 37.3 Å². The lowest BCUT2D eigenvalue weighted by atomic mass is 10.2. The van der Waals surface area contributed by atoms with Gasteiger partial charge in [-0.1, -0.05) is 6.07 Å². The Bertz CT molecular complexity index is 509. The first-order valence-electron chi connectivity index (χ1n) is 5.92. The van der Waals surface area contributed by atoms with E-state index in [1.807, 2.05) is 11.8 Å². The number of benzene rings is 1. The van der Waals surface area contributed by atoms with E-state index >= 15 is 0 Å². The molecule has 0 aliphatic carbocycles. The number of nitrogens with two attached hydrogens (primary N) is 1. The first-order chi connectivity index (χ1) is 8.54. The molecule has 2 rings (SSSR count). The Hall–Kier alpha value is -0.720. The van der Waals surface area contributed by atoms with Crippen molar-refractivity contribution in [1.29, 1.82) is 0 Å². The largest absolute Gasteiger partial charge is 0.399 e. The van der Waals surface area contributed by atoms with E-state index in [1.165, 1.54) is 6.07 Å². The zero-order chi connectivity index (χ0) is 13.2. The molecule has 0 aromatic heterocycles. The van der Waals surface area contributed by atoms with E-state index in [2.05, 4.69) is 6.26 Å². The van der Waals surface area contributed by atoms with Crippen molar-refractivity contribution in [3.63, 3.8) is 0 Å². The summed E-state index contributed by atoms with van der Waals surface area (Å²) in [7, 11) is -3.37. The van der Waals surface area contributed by atoms with Gasteiger partial charge in [-0.25, -0.2) is 8.42 Å². The summed E-state index contributed by atoms with van der Waals surface area (Å²) in [4.78, 5) is 0.296. The van der Waals surface area contributed by atoms with Crippen LogP contribution in [0.2, 0.25) is 0 Å². The number of hydrogen-bond acceptors (Lipinski definition) is 4. The third-order valence-electron chi connectivity index (χ3n) is 3.23. The fourth-order valence-corrected chi connectivity index (χ4v) is 4.34. The molecule has 18 heavy (non-hydrogen) atoms. The fraction of sp³-hybridized carbons (Fsp3) is 0.500. The SMILES string of the molecule is CSC1CCN(S(=O)(=O)c2cccc(N)c2)CC1. The van der Waals surface area contributed by atoms with Crippen LogP contribution in [0.25, 0.3) is 0 Å². The topological polar surface area (TPSA) is 63.4 Å². The van der Waals surface area contributed by atoms with Gasteiger partial charge in [0, 0.05) is 24.0 Å². The molecule has 0 saturated carbocycles. The molecule has 1 fully saturated rings. The third-order valence-corrected chi connectivity index (χ3v) is 6.26. The Morgan fingerprint density at radius 3 is 2.56 bits per heavy atom. The predicted octanol–water partition coefficient (Wildman–Crippen LogP) is 1.78. The van der Waals surface area contributed by atoms with E-state index in [1.54, 1.807) is 22.5 Å². The highest BCUT2D eigenvalue weighted by Gasteiger charge is 2.28. The lowest BCUT2D eigenvalue weighted by Crippen LogP contribution is -2.39. The van der Waals surface area contributed by atoms with Crippen LogP contribution in [0.5, 0.6) is 0 Å². The summed E-state index contributed by atoms with van der Waals surface area (Å²) in [5.41, 5.74) is 6.12. The standard InChI is InChI=1S/C12H18N2O2S2/c1-17-11-5-7-14(8-6-11)18(15,16)12-4-2-3-10(13)9-12/h2-4,9,11H,5-8,13H2,1H3. The van der Waals surface area contributed by atoms with Crippen molar-refractivity contribution >= 4 is 27.5 Å². The molecule has 0 radical (unpaired) electrons. The molecule has 1 aromatic carbocycles. The molecule has 6 heteroatoms. The smallest absolute Gasteiger partial charge is 0.243 e. The minimum absolute atomic E-state index is 0.296. The molecule has 0 unspecified atom stereocenters. The van der Waals surface area contributed by atoms with Crippen molar-refractivity contribution in [2.75, 3.05) is 25.1 Å². The Morgan fingerprint density at radius 2 is 2.00 bits per heavy atom. The minimum Gasteiger partial charge on any atom is -0.399 e. The number of rotatable bonds is 3. The second-order valence-electron chi connectivity index (χ2n) is 4.41. The van der Waals surface area contributed by atoms with Gasteiger partial charge in [0.25, 0.3) is 0 Å². The summed E-state index contributed by atoms with van der Waals surface area (Å²) in [5.74, 6) is 0. The van der Waals surface area contributed by atoms with Crippen LogP contribution in [0.15, 0.2) is 29.2 Å². The zero-order valence-corrected chi connectivity index (χ0v) is 12.0. The number of nitrogen functional groups attached to an aromatic ring is 1. The third kappa shape index (κ3) is 2.81. The maximum absolute atomic E-state index is 12.4. The van der Waals surface area contributed by atoms with Crippen molar-refractivity contribution in [2.45, 2.75) is 23.0 Å². The highest BCUT2D eigenvalue weighted by atomic mass is 32.2. The molecule has 1 heterocycles. The lowest BCUT2D eigenvalue weighted by Gasteiger charge is -2.30. The average molecular weight is 286 g/mol. The molecule has 4 nitrogen and oxygen atoms in total. The molecule has 0 amide bonds. The minimum atomic E-state index is -3.37. The van der Waals surface area contributed by atoms with Crippen molar-refractivity contribution < 1.29 is 8.42 Å². The van der Waals surface area contributed by atoms with E-state index < -0.39 is 10.0 Å². The molecule has 1 aliphatic heterocycles. The molecule has 1 aliphatic rings. The average Bonchev–Trinajstić information content (AvgIpc) is 2.39. The normalized spacial score (nSPS) is 18.9. The van der Waals surface area contributed by atoms with Crippen LogP contribution in [0.3, 0.4) is 0 Å². The van der Waals surface area contributed by atoms with Crippen molar-refractivity contribution in [1.82, 2.24) is 4.31 Å². The maximum Gasteiger partial charge on any atom is 0.243 e. The molecule has 2 N–H and O–H groups in total. The number of nitrogens with zero attached hydrogens (tertiary/aromatic N) is 1. The van der Waals surface area contributed by atoms with Crippen LogP contribution >= 0.6 is 11.8 Å². The van der Waals surface area contributed by atoms with Crippen LogP contribution < -0.4 is 5.73 Å². The molecule has 0 spiro atoms. The summed E-state index contributed by atoms with van der Waals surface area (Å²) in [6.07, 6.45) is 3.91. The van der Waals surface area contributed by atoms with E-state index in [0.717, 1.165) is 12.8 Å². The van der Waals surface area contributed by atoms with Gasteiger partial charge in [-0.15, -0.1) is 0 Å². The summed E-state index contributed by atoms with van der Waals surface area (Å²) in [5, 5.41) is 0.581. The van der Waals surface area contributed by atoms with E-state index in [9.17, 15) is 8.42 Å². The van der Waals surface area contributed by atoms with Gasteiger partial charge in [0.1, 0.15) is 0 Å². The lowest BCUT2D eigenvalue weighted by molar-refractivity contribution is 0.352. The molecular weight excluding hydrogens is 268 g/mol. The van der Waals surface area contributed by atoms with E-state index in [-0.39, 0.29) is 0 Å². The van der Waals surface area contributed by atoms with E-state index in [4.69, 9.17) is 5.73 Å². The van der Waals surface area contributed by atoms with Crippen molar-refractivity contribution in [2.24, 2.45) is 0 Å². The van der Waals surface area contributed by atoms with Crippen molar-refractivity contribution in [3.8, 4) is 0 Å². The van der Waals surface area contributed by atoms with Crippen molar-refractivity contribution in [3.05, 3.63) is 24.3 Å². The summed E-state index contributed by atoms with van der Waals surface area (Å²) >= 11 is 1.82. The zero-order valence-electron chi connectivity index (χ0n) is 10.4. The Kier molecular flexibility index (Phi) is 4.19. The summed E-state index contributed by atoms with van der Waals surface area (Å²) in [6, 6.07) is 6.50. The van der Waals surface area contributed by atoms with Crippen LogP contribution in [0.4, 0.5) is 5.69 Å². The predicted molar refractivity (Wildman–Crippen MR) is 76.2 cm³/mol. The number of piperidine rings is 1. The monoisotopic (exact) mass is 286 g/mol. The number of sulfonamides is 1. The van der Waals surface area contributed by atoms with Gasteiger partial charge in [0.2, 0.25) is 10.0 Å². The maximum atomic E-state index is 12.4. The van der Waals surface area contributed by atoms with Gasteiger partial charge in [0.15, 0.2) is 0 Å². The van der Waals surface area contributed by atoms with Crippen LogP contribution in [0, 0.1) is 0 Å². The molecule has 0 atom stereocenters. The Balaban J connectivity index is 2.17. The molecule has 100 valence electrons. The number of hydrogen-bond donors (Lipinski definition) is 1. The van der Waals surface area contributed by atoms with Crippen LogP contribution in [0.1, 0.15) is 12.8 Å². The number of thioether (sulfide) groups is 1. The van der Waals surface area contributed by atoms with Crippen LogP contribution in [-0.4, -0.2) is 37.3 Å². The van der Waals surface area contributed by atoms with Gasteiger partial charge in [0.05, 0.1) is 4.90 Å². The molecule has 1 saturated heterocycles. The molecule has 1 aromatic rings. The Morgan fingerprint density at radius 1 is 1.33 bits per heavy atom. The second-order valence-corrected chi connectivity index (χ2v) is 7.49. The highest BCUT2D eigenvalue weighted by molar-refractivity contribution is 7.99. The van der Waals surface area contributed by atoms with Gasteiger partial charge in [-0.2, -0.15) is 16.1 Å². The molecular formula is C12H18N2O2S2. The Labute approximate surface area is 113 Å². The quantitative estimate of drug-likeness (QED) is 0.860. The first kappa shape index (κ1) is 13.7.